The molecule has 0 bridgehead atoms. The SMILES string of the molecule is CCOC(=O)c1cc2c(=O)[nH]c(-c3cnc(N(Cc4ccc(OC)cc4)Cc4ccc(OC)cc4)nc3)cn2c1. The summed E-state index contributed by atoms with van der Waals surface area (Å²) in [4.78, 5) is 39.1. The van der Waals surface area contributed by atoms with E-state index in [-0.39, 0.29) is 12.2 Å². The number of nitrogens with one attached hydrogen (secondary N) is 1. The number of hydrogen-bond acceptors (Lipinski definition) is 8. The molecule has 0 aliphatic heterocycles. The van der Waals surface area contributed by atoms with Gasteiger partial charge in [0.2, 0.25) is 5.95 Å². The summed E-state index contributed by atoms with van der Waals surface area (Å²) in [5.41, 5.74) is 3.61. The van der Waals surface area contributed by atoms with Crippen LogP contribution in [0.4, 0.5) is 5.95 Å². The normalized spacial score (nSPS) is 10.9. The molecular formula is C30H29N5O5. The monoisotopic (exact) mass is 539 g/mol. The maximum atomic E-state index is 12.7. The van der Waals surface area contributed by atoms with E-state index in [1.54, 1.807) is 50.3 Å². The number of hydrogen-bond donors (Lipinski definition) is 1. The molecule has 40 heavy (non-hydrogen) atoms. The van der Waals surface area contributed by atoms with Crippen molar-refractivity contribution in [1.82, 2.24) is 19.4 Å². The Balaban J connectivity index is 1.43. The highest BCUT2D eigenvalue weighted by atomic mass is 16.5. The van der Waals surface area contributed by atoms with Gasteiger partial charge in [-0.05, 0) is 48.4 Å². The summed E-state index contributed by atoms with van der Waals surface area (Å²) in [5.74, 6) is 1.63. The standard InChI is InChI=1S/C30H29N5O5/c1-4-40-29(37)22-13-27-28(36)33-26(19-34(27)18-22)23-14-31-30(32-15-23)35(16-20-5-9-24(38-2)10-6-20)17-21-7-11-25(39-3)12-8-21/h5-15,18-19H,4,16-17H2,1-3H3,(H,33,36). The minimum Gasteiger partial charge on any atom is -0.497 e. The van der Waals surface area contributed by atoms with E-state index < -0.39 is 5.97 Å². The summed E-state index contributed by atoms with van der Waals surface area (Å²) >= 11 is 0. The lowest BCUT2D eigenvalue weighted by Crippen LogP contribution is -2.24. The first-order valence-electron chi connectivity index (χ1n) is 12.7. The summed E-state index contributed by atoms with van der Waals surface area (Å²) in [7, 11) is 3.28. The van der Waals surface area contributed by atoms with Gasteiger partial charge in [-0.15, -0.1) is 0 Å². The van der Waals surface area contributed by atoms with Crippen molar-refractivity contribution in [2.45, 2.75) is 20.0 Å². The third-order valence-corrected chi connectivity index (χ3v) is 6.41. The van der Waals surface area contributed by atoms with E-state index >= 15 is 0 Å². The van der Waals surface area contributed by atoms with Crippen molar-refractivity contribution >= 4 is 17.4 Å². The van der Waals surface area contributed by atoms with Crippen molar-refractivity contribution in [3.8, 4) is 22.8 Å². The van der Waals surface area contributed by atoms with Crippen molar-refractivity contribution in [3.63, 3.8) is 0 Å². The first-order chi connectivity index (χ1) is 19.5. The van der Waals surface area contributed by atoms with Gasteiger partial charge < -0.3 is 28.5 Å². The summed E-state index contributed by atoms with van der Waals surface area (Å²) in [6.07, 6.45) is 6.64. The summed E-state index contributed by atoms with van der Waals surface area (Å²) < 4.78 is 17.2. The van der Waals surface area contributed by atoms with Crippen LogP contribution in [0.2, 0.25) is 0 Å². The van der Waals surface area contributed by atoms with Crippen molar-refractivity contribution < 1.29 is 19.0 Å². The number of aromatic amines is 1. The minimum absolute atomic E-state index is 0.254. The minimum atomic E-state index is -0.478. The van der Waals surface area contributed by atoms with Crippen LogP contribution < -0.4 is 19.9 Å². The van der Waals surface area contributed by atoms with Gasteiger partial charge in [0.25, 0.3) is 5.56 Å². The zero-order valence-corrected chi connectivity index (χ0v) is 22.5. The number of benzene rings is 2. The summed E-state index contributed by atoms with van der Waals surface area (Å²) in [6.45, 7) is 3.12. The molecule has 3 heterocycles. The third-order valence-electron chi connectivity index (χ3n) is 6.41. The van der Waals surface area contributed by atoms with Gasteiger partial charge in [-0.1, -0.05) is 24.3 Å². The number of aromatic nitrogens is 4. The fourth-order valence-electron chi connectivity index (χ4n) is 4.32. The van der Waals surface area contributed by atoms with Crippen LogP contribution in [0.1, 0.15) is 28.4 Å². The summed E-state index contributed by atoms with van der Waals surface area (Å²) in [6, 6.07) is 17.2. The van der Waals surface area contributed by atoms with Crippen molar-refractivity contribution in [2.24, 2.45) is 0 Å². The van der Waals surface area contributed by atoms with Gasteiger partial charge >= 0.3 is 5.97 Å². The molecule has 5 aromatic rings. The molecule has 1 N–H and O–H groups in total. The third kappa shape index (κ3) is 5.80. The Morgan fingerprint density at radius 1 is 0.900 bits per heavy atom. The van der Waals surface area contributed by atoms with Crippen LogP contribution in [0.3, 0.4) is 0 Å². The number of fused-ring (bicyclic) bond motifs is 1. The molecular weight excluding hydrogens is 510 g/mol. The highest BCUT2D eigenvalue weighted by molar-refractivity contribution is 5.91. The number of H-pyrrole nitrogens is 1. The quantitative estimate of drug-likeness (QED) is 0.259. The number of rotatable bonds is 10. The molecule has 0 saturated carbocycles. The average molecular weight is 540 g/mol. The molecule has 0 aliphatic carbocycles. The maximum Gasteiger partial charge on any atom is 0.339 e. The first-order valence-corrected chi connectivity index (χ1v) is 12.7. The molecule has 0 unspecified atom stereocenters. The predicted molar refractivity (Wildman–Crippen MR) is 151 cm³/mol. The molecule has 0 atom stereocenters. The number of carbonyl (C=O) groups is 1. The molecule has 0 radical (unpaired) electrons. The molecule has 0 fully saturated rings. The van der Waals surface area contributed by atoms with Gasteiger partial charge in [0, 0.05) is 43.4 Å². The Labute approximate surface area is 230 Å². The molecule has 0 saturated heterocycles. The maximum absolute atomic E-state index is 12.7. The average Bonchev–Trinajstić information content (AvgIpc) is 3.43. The second kappa shape index (κ2) is 11.7. The van der Waals surface area contributed by atoms with Gasteiger partial charge in [-0.2, -0.15) is 0 Å². The van der Waals surface area contributed by atoms with Crippen molar-refractivity contribution in [1.29, 1.82) is 0 Å². The van der Waals surface area contributed by atoms with Crippen molar-refractivity contribution in [2.75, 3.05) is 25.7 Å². The number of anilines is 1. The molecule has 10 heteroatoms. The number of methoxy groups -OCH3 is 2. The lowest BCUT2D eigenvalue weighted by atomic mass is 10.1. The van der Waals surface area contributed by atoms with Crippen LogP contribution in [0.5, 0.6) is 11.5 Å². The lowest BCUT2D eigenvalue weighted by Gasteiger charge is -2.23. The fourth-order valence-corrected chi connectivity index (χ4v) is 4.32. The molecule has 5 rings (SSSR count). The zero-order valence-electron chi connectivity index (χ0n) is 22.5. The smallest absolute Gasteiger partial charge is 0.339 e. The number of nitrogens with zero attached hydrogens (tertiary/aromatic N) is 4. The van der Waals surface area contributed by atoms with E-state index in [0.717, 1.165) is 22.6 Å². The second-order valence-corrected chi connectivity index (χ2v) is 9.06. The van der Waals surface area contributed by atoms with Crippen LogP contribution >= 0.6 is 0 Å². The van der Waals surface area contributed by atoms with Crippen LogP contribution in [0.15, 0.2) is 84.2 Å². The van der Waals surface area contributed by atoms with Gasteiger partial charge in [0.1, 0.15) is 17.0 Å². The van der Waals surface area contributed by atoms with Crippen molar-refractivity contribution in [3.05, 3.63) is 106 Å². The number of carbonyl (C=O) groups excluding carboxylic acids is 1. The molecule has 0 amide bonds. The van der Waals surface area contributed by atoms with E-state index in [1.807, 2.05) is 48.5 Å². The van der Waals surface area contributed by atoms with Gasteiger partial charge in [-0.25, -0.2) is 14.8 Å². The topological polar surface area (TPSA) is 111 Å². The lowest BCUT2D eigenvalue weighted by molar-refractivity contribution is 0.0526. The van der Waals surface area contributed by atoms with E-state index in [2.05, 4.69) is 19.9 Å². The van der Waals surface area contributed by atoms with Crippen LogP contribution in [-0.4, -0.2) is 46.1 Å². The molecule has 0 aliphatic rings. The van der Waals surface area contributed by atoms with Crippen LogP contribution in [0, 0.1) is 0 Å². The van der Waals surface area contributed by atoms with E-state index in [4.69, 9.17) is 14.2 Å². The molecule has 0 spiro atoms. The Morgan fingerprint density at radius 3 is 2.00 bits per heavy atom. The number of ether oxygens (including phenoxy) is 3. The van der Waals surface area contributed by atoms with Gasteiger partial charge in [0.15, 0.2) is 0 Å². The molecule has 2 aromatic carbocycles. The Morgan fingerprint density at radius 2 is 1.48 bits per heavy atom. The Bertz CT molecular complexity index is 1610. The van der Waals surface area contributed by atoms with Gasteiger partial charge in [-0.3, -0.25) is 4.79 Å². The second-order valence-electron chi connectivity index (χ2n) is 9.06. The van der Waals surface area contributed by atoms with E-state index in [1.165, 1.54) is 6.07 Å². The molecule has 3 aromatic heterocycles. The Hall–Kier alpha value is -5.12. The largest absolute Gasteiger partial charge is 0.497 e. The number of esters is 1. The van der Waals surface area contributed by atoms with E-state index in [0.29, 0.717) is 41.4 Å². The summed E-state index contributed by atoms with van der Waals surface area (Å²) in [5, 5.41) is 0. The highest BCUT2D eigenvalue weighted by Gasteiger charge is 2.15. The zero-order chi connectivity index (χ0) is 28.1. The predicted octanol–water partition coefficient (Wildman–Crippen LogP) is 4.49. The first kappa shape index (κ1) is 26.5. The van der Waals surface area contributed by atoms with Crippen LogP contribution in [0.25, 0.3) is 16.8 Å². The fraction of sp³-hybridized carbons (Fsp3) is 0.200. The van der Waals surface area contributed by atoms with Gasteiger partial charge in [0.05, 0.1) is 32.1 Å². The van der Waals surface area contributed by atoms with E-state index in [9.17, 15) is 9.59 Å². The Kier molecular flexibility index (Phi) is 7.77. The van der Waals surface area contributed by atoms with Crippen LogP contribution in [-0.2, 0) is 17.8 Å². The molecule has 10 nitrogen and oxygen atoms in total. The molecule has 204 valence electrons. The highest BCUT2D eigenvalue weighted by Crippen LogP contribution is 2.22.